The van der Waals surface area contributed by atoms with Gasteiger partial charge in [-0.3, -0.25) is 4.79 Å². The molecule has 2 unspecified atom stereocenters. The van der Waals surface area contributed by atoms with Crippen LogP contribution in [0.25, 0.3) is 0 Å². The maximum atomic E-state index is 12.3. The largest absolute Gasteiger partial charge is 0.394 e. The summed E-state index contributed by atoms with van der Waals surface area (Å²) in [4.78, 5) is 12.3. The lowest BCUT2D eigenvalue weighted by Crippen LogP contribution is -2.45. The van der Waals surface area contributed by atoms with Crippen molar-refractivity contribution in [3.8, 4) is 0 Å². The van der Waals surface area contributed by atoms with Crippen molar-refractivity contribution in [1.29, 1.82) is 0 Å². The van der Waals surface area contributed by atoms with Crippen molar-refractivity contribution < 1.29 is 15.0 Å². The summed E-state index contributed by atoms with van der Waals surface area (Å²) in [6.45, 7) is 4.34. The fourth-order valence-electron chi connectivity index (χ4n) is 5.65. The van der Waals surface area contributed by atoms with Crippen LogP contribution in [0, 0.1) is 0 Å². The van der Waals surface area contributed by atoms with Crippen molar-refractivity contribution >= 4 is 5.91 Å². The fraction of sp³-hybridized carbons (Fsp3) is 0.919. The molecule has 0 aliphatic carbocycles. The van der Waals surface area contributed by atoms with E-state index < -0.39 is 12.1 Å². The second-order valence-corrected chi connectivity index (χ2v) is 12.6. The highest BCUT2D eigenvalue weighted by Crippen LogP contribution is 2.14. The maximum absolute atomic E-state index is 12.3. The molecule has 0 fully saturated rings. The molecule has 4 nitrogen and oxygen atoms in total. The Labute approximate surface area is 256 Å². The summed E-state index contributed by atoms with van der Waals surface area (Å²) in [5.41, 5.74) is 0. The predicted octanol–water partition coefficient (Wildman–Crippen LogP) is 10.7. The van der Waals surface area contributed by atoms with Crippen LogP contribution in [0.3, 0.4) is 0 Å². The third-order valence-corrected chi connectivity index (χ3v) is 8.53. The smallest absolute Gasteiger partial charge is 0.220 e. The number of unbranched alkanes of at least 4 members (excludes halogenated alkanes) is 24. The van der Waals surface area contributed by atoms with Gasteiger partial charge >= 0.3 is 0 Å². The van der Waals surface area contributed by atoms with Crippen LogP contribution < -0.4 is 5.32 Å². The molecule has 0 aliphatic rings. The first-order valence-electron chi connectivity index (χ1n) is 18.4. The molecule has 0 bridgehead atoms. The van der Waals surface area contributed by atoms with E-state index in [1.807, 2.05) is 0 Å². The average molecular weight is 580 g/mol. The molecule has 0 radical (unpaired) electrons. The Bertz CT molecular complexity index is 550. The number of hydrogen-bond donors (Lipinski definition) is 3. The van der Waals surface area contributed by atoms with E-state index >= 15 is 0 Å². The highest BCUT2D eigenvalue weighted by Gasteiger charge is 2.19. The maximum Gasteiger partial charge on any atom is 0.220 e. The number of aliphatic hydroxyl groups excluding tert-OH is 2. The summed E-state index contributed by atoms with van der Waals surface area (Å²) in [6, 6.07) is -0.534. The molecule has 0 rings (SSSR count). The number of rotatable bonds is 33. The van der Waals surface area contributed by atoms with E-state index in [2.05, 4.69) is 31.3 Å². The number of aliphatic hydroxyl groups is 2. The molecule has 0 aromatic rings. The van der Waals surface area contributed by atoms with E-state index in [0.29, 0.717) is 12.8 Å². The van der Waals surface area contributed by atoms with Gasteiger partial charge in [-0.25, -0.2) is 0 Å². The molecule has 41 heavy (non-hydrogen) atoms. The first kappa shape index (κ1) is 40.1. The molecular weight excluding hydrogens is 506 g/mol. The molecule has 0 saturated heterocycles. The van der Waals surface area contributed by atoms with Gasteiger partial charge in [-0.15, -0.1) is 0 Å². The monoisotopic (exact) mass is 580 g/mol. The molecule has 0 spiro atoms. The lowest BCUT2D eigenvalue weighted by molar-refractivity contribution is -0.123. The second-order valence-electron chi connectivity index (χ2n) is 12.6. The molecule has 4 heteroatoms. The van der Waals surface area contributed by atoms with Crippen molar-refractivity contribution in [2.24, 2.45) is 0 Å². The molecule has 0 aromatic heterocycles. The summed E-state index contributed by atoms with van der Waals surface area (Å²) in [5, 5.41) is 23.0. The van der Waals surface area contributed by atoms with Crippen LogP contribution in [-0.2, 0) is 4.79 Å². The van der Waals surface area contributed by atoms with Gasteiger partial charge in [-0.2, -0.15) is 0 Å². The molecule has 244 valence electrons. The van der Waals surface area contributed by atoms with Crippen LogP contribution in [0.5, 0.6) is 0 Å². The highest BCUT2D eigenvalue weighted by atomic mass is 16.3. The Hall–Kier alpha value is -0.870. The molecule has 0 aromatic carbocycles. The molecule has 0 saturated carbocycles. The zero-order valence-corrected chi connectivity index (χ0v) is 27.8. The zero-order valence-electron chi connectivity index (χ0n) is 27.8. The van der Waals surface area contributed by atoms with Gasteiger partial charge in [-0.05, 0) is 38.5 Å². The van der Waals surface area contributed by atoms with E-state index in [1.165, 1.54) is 148 Å². The number of amides is 1. The van der Waals surface area contributed by atoms with Crippen molar-refractivity contribution in [3.05, 3.63) is 12.2 Å². The fourth-order valence-corrected chi connectivity index (χ4v) is 5.65. The third-order valence-electron chi connectivity index (χ3n) is 8.53. The van der Waals surface area contributed by atoms with Crippen LogP contribution in [0.4, 0.5) is 0 Å². The van der Waals surface area contributed by atoms with Gasteiger partial charge in [0.2, 0.25) is 5.91 Å². The summed E-state index contributed by atoms with van der Waals surface area (Å²) in [5.74, 6) is -0.0403. The number of hydrogen-bond acceptors (Lipinski definition) is 3. The van der Waals surface area contributed by atoms with E-state index in [-0.39, 0.29) is 12.5 Å². The summed E-state index contributed by atoms with van der Waals surface area (Å²) >= 11 is 0. The van der Waals surface area contributed by atoms with Crippen LogP contribution in [0.2, 0.25) is 0 Å². The molecular formula is C37H73NO3. The van der Waals surface area contributed by atoms with E-state index in [4.69, 9.17) is 0 Å². The normalized spacial score (nSPS) is 13.2. The van der Waals surface area contributed by atoms with Gasteiger partial charge in [0.15, 0.2) is 0 Å². The van der Waals surface area contributed by atoms with Gasteiger partial charge in [0, 0.05) is 6.42 Å². The molecule has 0 heterocycles. The van der Waals surface area contributed by atoms with Crippen molar-refractivity contribution in [3.63, 3.8) is 0 Å². The van der Waals surface area contributed by atoms with Gasteiger partial charge in [0.1, 0.15) is 0 Å². The summed E-state index contributed by atoms with van der Waals surface area (Å²) in [6.07, 6.45) is 39.8. The van der Waals surface area contributed by atoms with Gasteiger partial charge < -0.3 is 15.5 Å². The van der Waals surface area contributed by atoms with Crippen LogP contribution in [0.15, 0.2) is 12.2 Å². The minimum Gasteiger partial charge on any atom is -0.394 e. The van der Waals surface area contributed by atoms with E-state index in [1.54, 1.807) is 0 Å². The molecule has 0 aliphatic heterocycles. The first-order chi connectivity index (χ1) is 20.2. The molecule has 2 atom stereocenters. The molecule has 1 amide bonds. The Morgan fingerprint density at radius 1 is 0.561 bits per heavy atom. The quantitative estimate of drug-likeness (QED) is 0.0535. The van der Waals surface area contributed by atoms with Gasteiger partial charge in [0.25, 0.3) is 0 Å². The standard InChI is InChI=1S/C37H73NO3/c1-3-5-7-9-11-13-15-16-17-18-19-20-21-23-25-27-29-31-33-37(41)38-35(34-39)36(40)32-30-28-26-24-22-14-12-10-8-6-4-2/h19-20,35-36,39-40H,3-18,21-34H2,1-2H3,(H,38,41)/b20-19-. The number of allylic oxidation sites excluding steroid dienone is 2. The Balaban J connectivity index is 3.55. The minimum atomic E-state index is -0.657. The van der Waals surface area contributed by atoms with Crippen molar-refractivity contribution in [2.75, 3.05) is 6.61 Å². The van der Waals surface area contributed by atoms with E-state index in [0.717, 1.165) is 25.7 Å². The van der Waals surface area contributed by atoms with Gasteiger partial charge in [-0.1, -0.05) is 167 Å². The Morgan fingerprint density at radius 3 is 1.34 bits per heavy atom. The number of carbonyl (C=O) groups is 1. The van der Waals surface area contributed by atoms with Gasteiger partial charge in [0.05, 0.1) is 18.8 Å². The van der Waals surface area contributed by atoms with Crippen LogP contribution in [-0.4, -0.2) is 34.9 Å². The second kappa shape index (κ2) is 33.6. The van der Waals surface area contributed by atoms with Crippen LogP contribution >= 0.6 is 0 Å². The SMILES string of the molecule is CCCCCCCCCCC/C=C\CCCCCCCC(=O)NC(CO)C(O)CCCCCCCCCCCCC. The zero-order chi connectivity index (χ0) is 30.1. The number of nitrogens with one attached hydrogen (secondary N) is 1. The van der Waals surface area contributed by atoms with E-state index in [9.17, 15) is 15.0 Å². The molecule has 3 N–H and O–H groups in total. The number of carbonyl (C=O) groups excluding carboxylic acids is 1. The average Bonchev–Trinajstić information content (AvgIpc) is 2.97. The lowest BCUT2D eigenvalue weighted by atomic mass is 10.0. The topological polar surface area (TPSA) is 69.6 Å². The van der Waals surface area contributed by atoms with Crippen molar-refractivity contribution in [1.82, 2.24) is 5.32 Å². The predicted molar refractivity (Wildman–Crippen MR) is 179 cm³/mol. The summed E-state index contributed by atoms with van der Waals surface area (Å²) in [7, 11) is 0. The lowest BCUT2D eigenvalue weighted by Gasteiger charge is -2.22. The third kappa shape index (κ3) is 30.4. The summed E-state index contributed by atoms with van der Waals surface area (Å²) < 4.78 is 0. The van der Waals surface area contributed by atoms with Crippen LogP contribution in [0.1, 0.15) is 200 Å². The minimum absolute atomic E-state index is 0.0403. The highest BCUT2D eigenvalue weighted by molar-refractivity contribution is 5.76. The van der Waals surface area contributed by atoms with Crippen molar-refractivity contribution in [2.45, 2.75) is 212 Å². The Kier molecular flexibility index (Phi) is 32.9. The Morgan fingerprint density at radius 2 is 0.927 bits per heavy atom. The first-order valence-corrected chi connectivity index (χ1v) is 18.4.